The second-order valence-corrected chi connectivity index (χ2v) is 7.55. The highest BCUT2D eigenvalue weighted by Gasteiger charge is 2.36. The number of benzene rings is 1. The lowest BCUT2D eigenvalue weighted by molar-refractivity contribution is -0.138. The molecule has 2 unspecified atom stereocenters. The van der Waals surface area contributed by atoms with Crippen LogP contribution in [0.2, 0.25) is 0 Å². The van der Waals surface area contributed by atoms with Gasteiger partial charge in [0.2, 0.25) is 0 Å². The molecule has 3 heterocycles. The molecule has 5 nitrogen and oxygen atoms in total. The van der Waals surface area contributed by atoms with Crippen molar-refractivity contribution in [3.63, 3.8) is 0 Å². The van der Waals surface area contributed by atoms with Crippen molar-refractivity contribution in [2.45, 2.75) is 37.8 Å². The summed E-state index contributed by atoms with van der Waals surface area (Å²) >= 11 is 0. The Hall–Kier alpha value is -2.87. The second kappa shape index (κ2) is 8.47. The Balaban J connectivity index is 1.38. The molecule has 0 bridgehead atoms. The number of nitrogens with zero attached hydrogens (tertiary/aromatic N) is 3. The molecule has 0 saturated carbocycles. The maximum absolute atomic E-state index is 12.7. The van der Waals surface area contributed by atoms with Crippen molar-refractivity contribution in [3.05, 3.63) is 77.8 Å². The van der Waals surface area contributed by atoms with E-state index < -0.39 is 11.7 Å². The van der Waals surface area contributed by atoms with Crippen LogP contribution in [0.3, 0.4) is 0 Å². The van der Waals surface area contributed by atoms with Gasteiger partial charge in [-0.1, -0.05) is 12.1 Å². The third-order valence-electron chi connectivity index (χ3n) is 5.58. The van der Waals surface area contributed by atoms with Gasteiger partial charge in [0, 0.05) is 43.8 Å². The number of rotatable bonds is 5. The fourth-order valence-electron chi connectivity index (χ4n) is 3.97. The van der Waals surface area contributed by atoms with Gasteiger partial charge in [0.15, 0.2) is 6.29 Å². The Morgan fingerprint density at radius 1 is 1.10 bits per heavy atom. The largest absolute Gasteiger partial charge is 0.416 e. The van der Waals surface area contributed by atoms with Crippen molar-refractivity contribution in [3.8, 4) is 0 Å². The number of hydrogen-bond acceptors (Lipinski definition) is 4. The van der Waals surface area contributed by atoms with Crippen LogP contribution >= 0.6 is 0 Å². The zero-order valence-corrected chi connectivity index (χ0v) is 16.3. The quantitative estimate of drug-likeness (QED) is 0.808. The van der Waals surface area contributed by atoms with E-state index >= 15 is 0 Å². The summed E-state index contributed by atoms with van der Waals surface area (Å²) in [5, 5.41) is 3.55. The summed E-state index contributed by atoms with van der Waals surface area (Å²) in [6.45, 7) is 1.34. The van der Waals surface area contributed by atoms with Gasteiger partial charge in [-0.25, -0.2) is 0 Å². The predicted molar refractivity (Wildman–Crippen MR) is 106 cm³/mol. The van der Waals surface area contributed by atoms with Gasteiger partial charge in [-0.2, -0.15) is 13.2 Å². The van der Waals surface area contributed by atoms with Crippen LogP contribution in [0, 0.1) is 0 Å². The molecular formula is C22H23F3N4O. The van der Waals surface area contributed by atoms with Crippen LogP contribution in [0.1, 0.15) is 35.6 Å². The van der Waals surface area contributed by atoms with Gasteiger partial charge in [-0.15, -0.1) is 0 Å². The highest BCUT2D eigenvalue weighted by Crippen LogP contribution is 2.29. The number of halogens is 3. The Kier molecular flexibility index (Phi) is 5.76. The topological polar surface area (TPSA) is 48.5 Å². The smallest absolute Gasteiger partial charge is 0.345 e. The molecule has 4 rings (SSSR count). The number of aryl methyl sites for hydroxylation is 1. The lowest BCUT2D eigenvalue weighted by Crippen LogP contribution is -2.63. The average molecular weight is 416 g/mol. The van der Waals surface area contributed by atoms with Gasteiger partial charge >= 0.3 is 6.18 Å². The van der Waals surface area contributed by atoms with Gasteiger partial charge in [0.05, 0.1) is 5.56 Å². The highest BCUT2D eigenvalue weighted by atomic mass is 19.4. The first-order valence-corrected chi connectivity index (χ1v) is 9.98. The van der Waals surface area contributed by atoms with Gasteiger partial charge in [0.1, 0.15) is 0 Å². The molecule has 2 aliphatic heterocycles. The molecule has 8 heteroatoms. The van der Waals surface area contributed by atoms with Crippen LogP contribution in [-0.4, -0.2) is 40.1 Å². The molecule has 2 atom stereocenters. The molecule has 30 heavy (non-hydrogen) atoms. The maximum Gasteiger partial charge on any atom is 0.416 e. The molecule has 1 amide bonds. The van der Waals surface area contributed by atoms with E-state index in [1.165, 1.54) is 12.1 Å². The summed E-state index contributed by atoms with van der Waals surface area (Å²) < 4.78 is 38.1. The third kappa shape index (κ3) is 4.48. The number of fused-ring (bicyclic) bond motifs is 1. The first kappa shape index (κ1) is 20.4. The minimum atomic E-state index is -4.31. The summed E-state index contributed by atoms with van der Waals surface area (Å²) in [7, 11) is 0. The van der Waals surface area contributed by atoms with E-state index in [0.29, 0.717) is 19.5 Å². The van der Waals surface area contributed by atoms with Gasteiger partial charge in [0.25, 0.3) is 5.91 Å². The summed E-state index contributed by atoms with van der Waals surface area (Å²) in [4.78, 5) is 20.3. The zero-order chi connectivity index (χ0) is 21.1. The van der Waals surface area contributed by atoms with Gasteiger partial charge < -0.3 is 9.80 Å². The summed E-state index contributed by atoms with van der Waals surface area (Å²) in [6.07, 6.45) is 4.59. The fraction of sp³-hybridized carbons (Fsp3) is 0.364. The Labute approximate surface area is 173 Å². The number of amides is 1. The molecule has 2 aromatic rings. The van der Waals surface area contributed by atoms with Crippen LogP contribution in [0.4, 0.5) is 13.2 Å². The number of carbonyl (C=O) groups is 1. The molecule has 1 aromatic heterocycles. The number of aromatic nitrogens is 1. The van der Waals surface area contributed by atoms with Crippen molar-refractivity contribution in [2.75, 3.05) is 13.1 Å². The first-order chi connectivity index (χ1) is 14.4. The Morgan fingerprint density at radius 2 is 1.83 bits per heavy atom. The maximum atomic E-state index is 12.7. The molecule has 1 aromatic carbocycles. The minimum absolute atomic E-state index is 0.0142. The average Bonchev–Trinajstić information content (AvgIpc) is 2.75. The minimum Gasteiger partial charge on any atom is -0.345 e. The lowest BCUT2D eigenvalue weighted by atomic mass is 10.0. The standard InChI is InChI=1S/C22H23F3N4O/c23-22(24,25)18-5-3-16(4-6-18)2-1-13-28-14-10-20(30)29-15-9-19(27-21(28)29)17-7-11-26-12-8-17/h3-8,10-12,14,19,21,27H,1-2,9,13,15H2. The predicted octanol–water partition coefficient (Wildman–Crippen LogP) is 3.71. The number of carbonyl (C=O) groups excluding carboxylic acids is 1. The molecule has 1 saturated heterocycles. The van der Waals surface area contributed by atoms with E-state index in [9.17, 15) is 18.0 Å². The van der Waals surface area contributed by atoms with Crippen molar-refractivity contribution in [1.29, 1.82) is 0 Å². The van der Waals surface area contributed by atoms with E-state index in [2.05, 4.69) is 15.2 Å². The molecular weight excluding hydrogens is 393 g/mol. The van der Waals surface area contributed by atoms with E-state index in [1.807, 2.05) is 17.0 Å². The van der Waals surface area contributed by atoms with E-state index in [0.717, 1.165) is 36.1 Å². The van der Waals surface area contributed by atoms with E-state index in [1.54, 1.807) is 24.7 Å². The number of hydrogen-bond donors (Lipinski definition) is 1. The summed E-state index contributed by atoms with van der Waals surface area (Å²) in [5.74, 6) is -0.0142. The van der Waals surface area contributed by atoms with Gasteiger partial charge in [-0.3, -0.25) is 15.1 Å². The molecule has 0 spiro atoms. The zero-order valence-electron chi connectivity index (χ0n) is 16.3. The van der Waals surface area contributed by atoms with Crippen LogP contribution in [0.25, 0.3) is 0 Å². The highest BCUT2D eigenvalue weighted by molar-refractivity contribution is 5.88. The normalized spacial score (nSPS) is 21.6. The first-order valence-electron chi connectivity index (χ1n) is 9.98. The van der Waals surface area contributed by atoms with Crippen LogP contribution in [-0.2, 0) is 17.4 Å². The van der Waals surface area contributed by atoms with Crippen molar-refractivity contribution in [2.24, 2.45) is 0 Å². The monoisotopic (exact) mass is 416 g/mol. The van der Waals surface area contributed by atoms with E-state index in [4.69, 9.17) is 0 Å². The number of nitrogens with one attached hydrogen (secondary N) is 1. The Morgan fingerprint density at radius 3 is 2.53 bits per heavy atom. The van der Waals surface area contributed by atoms with Crippen LogP contribution < -0.4 is 5.32 Å². The van der Waals surface area contributed by atoms with Crippen molar-refractivity contribution in [1.82, 2.24) is 20.1 Å². The third-order valence-corrected chi connectivity index (χ3v) is 5.58. The molecule has 158 valence electrons. The lowest BCUT2D eigenvalue weighted by Gasteiger charge is -2.47. The van der Waals surface area contributed by atoms with Crippen molar-refractivity contribution >= 4 is 5.91 Å². The SMILES string of the molecule is O=C1C=CN(CCCc2ccc(C(F)(F)F)cc2)C2NC(c3ccncc3)CCN12. The second-order valence-electron chi connectivity index (χ2n) is 7.55. The van der Waals surface area contributed by atoms with E-state index in [-0.39, 0.29) is 18.2 Å². The summed E-state index contributed by atoms with van der Waals surface area (Å²) in [6, 6.07) is 9.39. The number of alkyl halides is 3. The molecule has 1 N–H and O–H groups in total. The van der Waals surface area contributed by atoms with Crippen LogP contribution in [0.5, 0.6) is 0 Å². The van der Waals surface area contributed by atoms with Gasteiger partial charge in [-0.05, 0) is 54.7 Å². The molecule has 0 aliphatic carbocycles. The van der Waals surface area contributed by atoms with Crippen LogP contribution in [0.15, 0.2) is 61.1 Å². The van der Waals surface area contributed by atoms with Crippen molar-refractivity contribution < 1.29 is 18.0 Å². The Bertz CT molecular complexity index is 899. The summed E-state index contributed by atoms with van der Waals surface area (Å²) in [5.41, 5.74) is 1.37. The molecule has 1 fully saturated rings. The molecule has 0 radical (unpaired) electrons. The molecule has 2 aliphatic rings. The fourth-order valence-corrected chi connectivity index (χ4v) is 3.97. The number of pyridine rings is 1.